The van der Waals surface area contributed by atoms with Crippen LogP contribution in [0, 0.1) is 18.8 Å². The first-order chi connectivity index (χ1) is 16.4. The number of nitrogens with zero attached hydrogens (tertiary/aromatic N) is 3. The molecule has 9 nitrogen and oxygen atoms in total. The number of benzene rings is 1. The summed E-state index contributed by atoms with van der Waals surface area (Å²) in [5, 5.41) is 0. The lowest BCUT2D eigenvalue weighted by molar-refractivity contribution is -0.131. The zero-order chi connectivity index (χ0) is 26.3. The van der Waals surface area contributed by atoms with Crippen molar-refractivity contribution in [2.45, 2.75) is 46.9 Å². The number of nitrogens with one attached hydrogen (secondary N) is 1. The largest absolute Gasteiger partial charge is 0.383 e. The van der Waals surface area contributed by atoms with Crippen molar-refractivity contribution in [1.29, 1.82) is 0 Å². The number of nitrogen functional groups attached to an aromatic ring is 1. The quantitative estimate of drug-likeness (QED) is 0.486. The van der Waals surface area contributed by atoms with Gasteiger partial charge in [-0.05, 0) is 24.3 Å². The lowest BCUT2D eigenvalue weighted by atomic mass is 10.2. The van der Waals surface area contributed by atoms with Gasteiger partial charge in [0.15, 0.2) is 5.69 Å². The first kappa shape index (κ1) is 28.2. The SMILES string of the molecule is Cc1ccc(CSCC(=O)N(C)CC(=O)N(CC(C)C)c2c(N)n(CC(C)C)c(=O)[nH]c2=O)cc1. The Morgan fingerprint density at radius 1 is 1.06 bits per heavy atom. The summed E-state index contributed by atoms with van der Waals surface area (Å²) in [6.07, 6.45) is 0. The van der Waals surface area contributed by atoms with E-state index in [4.69, 9.17) is 5.73 Å². The molecule has 1 heterocycles. The van der Waals surface area contributed by atoms with Crippen LogP contribution in [-0.4, -0.2) is 52.2 Å². The normalized spacial score (nSPS) is 11.2. The molecule has 192 valence electrons. The van der Waals surface area contributed by atoms with E-state index < -0.39 is 17.2 Å². The number of hydrogen-bond donors (Lipinski definition) is 2. The fourth-order valence-corrected chi connectivity index (χ4v) is 4.42. The number of anilines is 2. The monoisotopic (exact) mass is 503 g/mol. The summed E-state index contributed by atoms with van der Waals surface area (Å²) < 4.78 is 1.28. The van der Waals surface area contributed by atoms with Gasteiger partial charge in [0.1, 0.15) is 5.82 Å². The van der Waals surface area contributed by atoms with E-state index in [1.165, 1.54) is 31.7 Å². The summed E-state index contributed by atoms with van der Waals surface area (Å²) in [7, 11) is 1.56. The topological polar surface area (TPSA) is 121 Å². The van der Waals surface area contributed by atoms with E-state index in [2.05, 4.69) is 4.98 Å². The molecule has 1 aromatic carbocycles. The Morgan fingerprint density at radius 3 is 2.26 bits per heavy atom. The summed E-state index contributed by atoms with van der Waals surface area (Å²) >= 11 is 1.48. The van der Waals surface area contributed by atoms with Gasteiger partial charge in [-0.3, -0.25) is 23.9 Å². The minimum Gasteiger partial charge on any atom is -0.383 e. The van der Waals surface area contributed by atoms with Crippen molar-refractivity contribution >= 4 is 35.1 Å². The maximum Gasteiger partial charge on any atom is 0.330 e. The van der Waals surface area contributed by atoms with Gasteiger partial charge in [0.25, 0.3) is 5.56 Å². The minimum absolute atomic E-state index is 0.0225. The fourth-order valence-electron chi connectivity index (χ4n) is 3.49. The predicted molar refractivity (Wildman–Crippen MR) is 143 cm³/mol. The molecule has 10 heteroatoms. The molecule has 0 bridgehead atoms. The second kappa shape index (κ2) is 12.6. The molecule has 3 N–H and O–H groups in total. The number of thioether (sulfide) groups is 1. The zero-order valence-corrected chi connectivity index (χ0v) is 22.3. The van der Waals surface area contributed by atoms with Crippen LogP contribution in [0.3, 0.4) is 0 Å². The molecule has 0 fully saturated rings. The standard InChI is InChI=1S/C25H37N5O4S/c1-16(2)11-29(22-23(26)30(12-17(3)4)25(34)27-24(22)33)20(31)13-28(6)21(32)15-35-14-19-9-7-18(5)8-10-19/h7-10,16-17H,11-15,26H2,1-6H3,(H,27,33,34). The Hall–Kier alpha value is -3.01. The number of amides is 2. The van der Waals surface area contributed by atoms with Crippen LogP contribution in [-0.2, 0) is 21.9 Å². The molecule has 2 amide bonds. The van der Waals surface area contributed by atoms with Gasteiger partial charge in [-0.2, -0.15) is 0 Å². The number of likely N-dealkylation sites (N-methyl/N-ethyl adjacent to an activating group) is 1. The Labute approximate surface area is 210 Å². The third-order valence-electron chi connectivity index (χ3n) is 5.29. The molecule has 0 spiro atoms. The van der Waals surface area contributed by atoms with Crippen LogP contribution in [0.2, 0.25) is 0 Å². The summed E-state index contributed by atoms with van der Waals surface area (Å²) in [5.74, 6) is 0.361. The van der Waals surface area contributed by atoms with E-state index in [9.17, 15) is 19.2 Å². The lowest BCUT2D eigenvalue weighted by Crippen LogP contribution is -2.47. The summed E-state index contributed by atoms with van der Waals surface area (Å²) in [4.78, 5) is 55.9. The number of rotatable bonds is 11. The second-order valence-corrected chi connectivity index (χ2v) is 10.6. The van der Waals surface area contributed by atoms with Gasteiger partial charge < -0.3 is 15.5 Å². The molecular weight excluding hydrogens is 466 g/mol. The highest BCUT2D eigenvalue weighted by Gasteiger charge is 2.27. The van der Waals surface area contributed by atoms with Gasteiger partial charge in [0.2, 0.25) is 11.8 Å². The molecule has 0 radical (unpaired) electrons. The van der Waals surface area contributed by atoms with Gasteiger partial charge in [-0.1, -0.05) is 57.5 Å². The summed E-state index contributed by atoms with van der Waals surface area (Å²) in [6, 6.07) is 8.13. The molecule has 0 atom stereocenters. The highest BCUT2D eigenvalue weighted by molar-refractivity contribution is 7.99. The number of carbonyl (C=O) groups is 2. The molecule has 35 heavy (non-hydrogen) atoms. The van der Waals surface area contributed by atoms with Crippen LogP contribution in [0.15, 0.2) is 33.9 Å². The first-order valence-electron chi connectivity index (χ1n) is 11.7. The van der Waals surface area contributed by atoms with Crippen LogP contribution < -0.4 is 21.9 Å². The van der Waals surface area contributed by atoms with Crippen LogP contribution in [0.4, 0.5) is 11.5 Å². The van der Waals surface area contributed by atoms with Gasteiger partial charge in [0, 0.05) is 25.9 Å². The Morgan fingerprint density at radius 2 is 1.69 bits per heavy atom. The van der Waals surface area contributed by atoms with Crippen LogP contribution in [0.5, 0.6) is 0 Å². The predicted octanol–water partition coefficient (Wildman–Crippen LogP) is 2.46. The van der Waals surface area contributed by atoms with Crippen LogP contribution >= 0.6 is 11.8 Å². The highest BCUT2D eigenvalue weighted by atomic mass is 32.2. The zero-order valence-electron chi connectivity index (χ0n) is 21.5. The Bertz CT molecular complexity index is 1140. The highest BCUT2D eigenvalue weighted by Crippen LogP contribution is 2.20. The maximum atomic E-state index is 13.3. The number of carbonyl (C=O) groups excluding carboxylic acids is 2. The minimum atomic E-state index is -0.718. The van der Waals surface area contributed by atoms with E-state index in [1.807, 2.05) is 58.9 Å². The average molecular weight is 504 g/mol. The Balaban J connectivity index is 2.16. The van der Waals surface area contributed by atoms with Crippen molar-refractivity contribution in [2.75, 3.05) is 36.5 Å². The van der Waals surface area contributed by atoms with Crippen LogP contribution in [0.25, 0.3) is 0 Å². The molecule has 0 aliphatic rings. The number of nitrogens with two attached hydrogens (primary N) is 1. The molecular formula is C25H37N5O4S. The third kappa shape index (κ3) is 8.02. The number of hydrogen-bond acceptors (Lipinski definition) is 6. The van der Waals surface area contributed by atoms with Gasteiger partial charge in [-0.15, -0.1) is 11.8 Å². The average Bonchev–Trinajstić information content (AvgIpc) is 2.76. The lowest BCUT2D eigenvalue weighted by Gasteiger charge is -2.28. The number of H-pyrrole nitrogens is 1. The van der Waals surface area contributed by atoms with E-state index >= 15 is 0 Å². The first-order valence-corrected chi connectivity index (χ1v) is 12.9. The van der Waals surface area contributed by atoms with E-state index in [-0.39, 0.29) is 48.1 Å². The molecule has 2 rings (SSSR count). The smallest absolute Gasteiger partial charge is 0.330 e. The van der Waals surface area contributed by atoms with Crippen molar-refractivity contribution < 1.29 is 9.59 Å². The van der Waals surface area contributed by atoms with Gasteiger partial charge in [0.05, 0.1) is 12.3 Å². The van der Waals surface area contributed by atoms with Crippen molar-refractivity contribution in [1.82, 2.24) is 14.5 Å². The second-order valence-electron chi connectivity index (χ2n) is 9.62. The van der Waals surface area contributed by atoms with E-state index in [1.54, 1.807) is 7.05 Å². The van der Waals surface area contributed by atoms with Crippen molar-refractivity contribution in [3.8, 4) is 0 Å². The van der Waals surface area contributed by atoms with E-state index in [0.717, 1.165) is 5.56 Å². The number of aromatic nitrogens is 2. The molecule has 1 aromatic heterocycles. The molecule has 2 aromatic rings. The third-order valence-corrected chi connectivity index (χ3v) is 6.28. The maximum absolute atomic E-state index is 13.3. The number of aryl methyl sites for hydroxylation is 1. The number of aromatic amines is 1. The molecule has 0 saturated carbocycles. The van der Waals surface area contributed by atoms with Crippen LogP contribution in [0.1, 0.15) is 38.8 Å². The Kier molecular flexibility index (Phi) is 10.2. The molecule has 0 unspecified atom stereocenters. The fraction of sp³-hybridized carbons (Fsp3) is 0.520. The summed E-state index contributed by atoms with van der Waals surface area (Å²) in [6.45, 7) is 9.99. The van der Waals surface area contributed by atoms with Gasteiger partial charge in [-0.25, -0.2) is 4.79 Å². The van der Waals surface area contributed by atoms with Crippen molar-refractivity contribution in [3.05, 3.63) is 56.2 Å². The molecule has 0 saturated heterocycles. The summed E-state index contributed by atoms with van der Waals surface area (Å²) in [5.41, 5.74) is 7.15. The van der Waals surface area contributed by atoms with E-state index in [0.29, 0.717) is 12.3 Å². The molecule has 0 aliphatic carbocycles. The van der Waals surface area contributed by atoms with Crippen molar-refractivity contribution in [3.63, 3.8) is 0 Å². The van der Waals surface area contributed by atoms with Crippen molar-refractivity contribution in [2.24, 2.45) is 11.8 Å². The molecule has 0 aliphatic heterocycles. The van der Waals surface area contributed by atoms with Gasteiger partial charge >= 0.3 is 5.69 Å².